The summed E-state index contributed by atoms with van der Waals surface area (Å²) in [5.74, 6) is 0.184. The Balaban J connectivity index is 2.36. The van der Waals surface area contributed by atoms with Crippen LogP contribution in [-0.2, 0) is 4.79 Å². The molecule has 1 amide bonds. The van der Waals surface area contributed by atoms with Gasteiger partial charge in [0.2, 0.25) is 5.91 Å². The van der Waals surface area contributed by atoms with Gasteiger partial charge in [-0.15, -0.1) is 0 Å². The van der Waals surface area contributed by atoms with E-state index in [9.17, 15) is 4.79 Å². The minimum Gasteiger partial charge on any atom is -0.353 e. The molecule has 0 aliphatic heterocycles. The summed E-state index contributed by atoms with van der Waals surface area (Å²) < 4.78 is 0. The molecule has 1 aliphatic carbocycles. The Labute approximate surface area is 91.2 Å². The van der Waals surface area contributed by atoms with E-state index in [2.05, 4.69) is 11.6 Å². The van der Waals surface area contributed by atoms with E-state index >= 15 is 0 Å². The Morgan fingerprint density at radius 1 is 1.36 bits per heavy atom. The molecule has 0 aromatic carbocycles. The van der Waals surface area contributed by atoms with E-state index in [-0.39, 0.29) is 11.3 Å². The smallest absolute Gasteiger partial charge is 0.225 e. The van der Waals surface area contributed by atoms with Crippen LogP contribution in [0.25, 0.3) is 0 Å². The highest BCUT2D eigenvalue weighted by molar-refractivity contribution is 7.99. The lowest BCUT2D eigenvalue weighted by atomic mass is 9.95. The van der Waals surface area contributed by atoms with Gasteiger partial charge < -0.3 is 5.32 Å². The number of carbonyl (C=O) groups excluding carboxylic acids is 1. The first-order valence-electron chi connectivity index (χ1n) is 5.27. The van der Waals surface area contributed by atoms with Crippen LogP contribution in [0.5, 0.6) is 0 Å². The summed E-state index contributed by atoms with van der Waals surface area (Å²) in [7, 11) is 0. The third-order valence-corrected chi connectivity index (χ3v) is 3.83. The Morgan fingerprint density at radius 3 is 2.43 bits per heavy atom. The fourth-order valence-corrected chi connectivity index (χ4v) is 2.48. The van der Waals surface area contributed by atoms with Crippen LogP contribution in [0.2, 0.25) is 0 Å². The molecule has 0 aromatic heterocycles. The highest BCUT2D eigenvalue weighted by Crippen LogP contribution is 2.28. The normalized spacial score (nSPS) is 27.7. The maximum absolute atomic E-state index is 11.7. The van der Waals surface area contributed by atoms with E-state index < -0.39 is 0 Å². The van der Waals surface area contributed by atoms with Crippen LogP contribution in [0.1, 0.15) is 40.0 Å². The van der Waals surface area contributed by atoms with Gasteiger partial charge in [-0.25, -0.2) is 0 Å². The minimum atomic E-state index is -0.253. The first-order chi connectivity index (χ1) is 6.43. The zero-order valence-electron chi connectivity index (χ0n) is 9.59. The lowest BCUT2D eigenvalue weighted by molar-refractivity contribution is -0.129. The number of hydrogen-bond acceptors (Lipinski definition) is 2. The van der Waals surface area contributed by atoms with Crippen LogP contribution in [0.3, 0.4) is 0 Å². The lowest BCUT2D eigenvalue weighted by Crippen LogP contribution is -2.40. The van der Waals surface area contributed by atoms with Crippen molar-refractivity contribution >= 4 is 17.7 Å². The molecule has 3 heteroatoms. The molecule has 0 saturated heterocycles. The molecule has 0 bridgehead atoms. The largest absolute Gasteiger partial charge is 0.353 e. The number of rotatable bonds is 2. The third-order valence-electron chi connectivity index (χ3n) is 2.73. The third kappa shape index (κ3) is 3.19. The van der Waals surface area contributed by atoms with Crippen LogP contribution in [0, 0.1) is 5.41 Å². The predicted octanol–water partition coefficient (Wildman–Crippen LogP) is 2.43. The molecule has 0 spiro atoms. The molecule has 1 aliphatic rings. The van der Waals surface area contributed by atoms with E-state index in [0.717, 1.165) is 18.1 Å². The van der Waals surface area contributed by atoms with Crippen molar-refractivity contribution in [2.75, 3.05) is 6.26 Å². The molecule has 82 valence electrons. The second-order valence-corrected chi connectivity index (χ2v) is 6.23. The average Bonchev–Trinajstić information content (AvgIpc) is 2.50. The predicted molar refractivity (Wildman–Crippen MR) is 62.5 cm³/mol. The van der Waals surface area contributed by atoms with Crippen molar-refractivity contribution in [3.05, 3.63) is 0 Å². The monoisotopic (exact) mass is 215 g/mol. The van der Waals surface area contributed by atoms with E-state index in [1.807, 2.05) is 32.5 Å². The van der Waals surface area contributed by atoms with Crippen molar-refractivity contribution in [2.45, 2.75) is 51.3 Å². The molecule has 14 heavy (non-hydrogen) atoms. The SMILES string of the molecule is CSC1CCC(NC(=O)C(C)(C)C)C1. The Morgan fingerprint density at radius 2 is 2.00 bits per heavy atom. The zero-order chi connectivity index (χ0) is 10.8. The summed E-state index contributed by atoms with van der Waals surface area (Å²) in [5.41, 5.74) is -0.253. The first-order valence-corrected chi connectivity index (χ1v) is 6.56. The second kappa shape index (κ2) is 4.56. The molecule has 1 fully saturated rings. The fourth-order valence-electron chi connectivity index (χ4n) is 1.69. The number of nitrogens with one attached hydrogen (secondary N) is 1. The highest BCUT2D eigenvalue weighted by atomic mass is 32.2. The van der Waals surface area contributed by atoms with Crippen LogP contribution >= 0.6 is 11.8 Å². The standard InChI is InChI=1S/C11H21NOS/c1-11(2,3)10(13)12-8-5-6-9(7-8)14-4/h8-9H,5-7H2,1-4H3,(H,12,13). The first kappa shape index (κ1) is 11.9. The molecule has 2 atom stereocenters. The Bertz CT molecular complexity index is 210. The fraction of sp³-hybridized carbons (Fsp3) is 0.909. The van der Waals surface area contributed by atoms with Gasteiger partial charge in [0.05, 0.1) is 0 Å². The van der Waals surface area contributed by atoms with Gasteiger partial charge in [-0.3, -0.25) is 4.79 Å². The number of carbonyl (C=O) groups is 1. The van der Waals surface area contributed by atoms with Gasteiger partial charge in [-0.2, -0.15) is 11.8 Å². The number of hydrogen-bond donors (Lipinski definition) is 1. The molecule has 2 unspecified atom stereocenters. The van der Waals surface area contributed by atoms with Crippen LogP contribution < -0.4 is 5.32 Å². The van der Waals surface area contributed by atoms with Crippen molar-refractivity contribution in [2.24, 2.45) is 5.41 Å². The summed E-state index contributed by atoms with van der Waals surface area (Å²) >= 11 is 1.92. The van der Waals surface area contributed by atoms with Crippen LogP contribution in [-0.4, -0.2) is 23.5 Å². The van der Waals surface area contributed by atoms with Crippen molar-refractivity contribution < 1.29 is 4.79 Å². The average molecular weight is 215 g/mol. The van der Waals surface area contributed by atoms with E-state index in [1.165, 1.54) is 6.42 Å². The van der Waals surface area contributed by atoms with Gasteiger partial charge in [0, 0.05) is 16.7 Å². The van der Waals surface area contributed by atoms with Gasteiger partial charge in [0.25, 0.3) is 0 Å². The van der Waals surface area contributed by atoms with Gasteiger partial charge in [-0.05, 0) is 25.5 Å². The Hall–Kier alpha value is -0.180. The number of thioether (sulfide) groups is 1. The van der Waals surface area contributed by atoms with Crippen LogP contribution in [0.4, 0.5) is 0 Å². The molecular weight excluding hydrogens is 194 g/mol. The van der Waals surface area contributed by atoms with Gasteiger partial charge >= 0.3 is 0 Å². The van der Waals surface area contributed by atoms with E-state index in [4.69, 9.17) is 0 Å². The van der Waals surface area contributed by atoms with Gasteiger partial charge in [-0.1, -0.05) is 20.8 Å². The van der Waals surface area contributed by atoms with Gasteiger partial charge in [0.15, 0.2) is 0 Å². The van der Waals surface area contributed by atoms with E-state index in [1.54, 1.807) is 0 Å². The van der Waals surface area contributed by atoms with Crippen LogP contribution in [0.15, 0.2) is 0 Å². The van der Waals surface area contributed by atoms with Crippen molar-refractivity contribution in [1.82, 2.24) is 5.32 Å². The summed E-state index contributed by atoms with van der Waals surface area (Å²) in [5, 5.41) is 3.88. The lowest BCUT2D eigenvalue weighted by Gasteiger charge is -2.21. The maximum atomic E-state index is 11.7. The second-order valence-electron chi connectivity index (χ2n) is 5.09. The van der Waals surface area contributed by atoms with Crippen molar-refractivity contribution in [3.8, 4) is 0 Å². The van der Waals surface area contributed by atoms with Gasteiger partial charge in [0.1, 0.15) is 0 Å². The minimum absolute atomic E-state index is 0.184. The summed E-state index contributed by atoms with van der Waals surface area (Å²) in [4.78, 5) is 11.7. The number of amides is 1. The quantitative estimate of drug-likeness (QED) is 0.766. The maximum Gasteiger partial charge on any atom is 0.225 e. The molecule has 0 aromatic rings. The van der Waals surface area contributed by atoms with E-state index in [0.29, 0.717) is 6.04 Å². The molecule has 1 rings (SSSR count). The van der Waals surface area contributed by atoms with Crippen molar-refractivity contribution in [3.63, 3.8) is 0 Å². The molecule has 0 radical (unpaired) electrons. The summed E-state index contributed by atoms with van der Waals surface area (Å²) in [6.45, 7) is 5.88. The zero-order valence-corrected chi connectivity index (χ0v) is 10.4. The summed E-state index contributed by atoms with van der Waals surface area (Å²) in [6, 6.07) is 0.416. The molecule has 0 heterocycles. The Kier molecular flexibility index (Phi) is 3.87. The highest BCUT2D eigenvalue weighted by Gasteiger charge is 2.28. The molecular formula is C11H21NOS. The topological polar surface area (TPSA) is 29.1 Å². The molecule has 1 saturated carbocycles. The summed E-state index contributed by atoms with van der Waals surface area (Å²) in [6.07, 6.45) is 5.69. The molecule has 2 nitrogen and oxygen atoms in total. The molecule has 1 N–H and O–H groups in total. The van der Waals surface area contributed by atoms with Crippen molar-refractivity contribution in [1.29, 1.82) is 0 Å².